The number of aromatic amines is 1. The summed E-state index contributed by atoms with van der Waals surface area (Å²) >= 11 is 6.03. The van der Waals surface area contributed by atoms with Gasteiger partial charge in [0.25, 0.3) is 5.56 Å². The molecule has 31 heavy (non-hydrogen) atoms. The molecule has 2 aromatic rings. The zero-order valence-corrected chi connectivity index (χ0v) is 18.1. The largest absolute Gasteiger partial charge is 0.495 e. The summed E-state index contributed by atoms with van der Waals surface area (Å²) < 4.78 is 5.25. The van der Waals surface area contributed by atoms with Crippen molar-refractivity contribution in [3.8, 4) is 5.75 Å². The van der Waals surface area contributed by atoms with Gasteiger partial charge in [-0.3, -0.25) is 19.4 Å². The molecule has 10 heteroatoms. The van der Waals surface area contributed by atoms with Crippen LogP contribution >= 0.6 is 11.6 Å². The predicted molar refractivity (Wildman–Crippen MR) is 118 cm³/mol. The number of hydrogen-bond donors (Lipinski definition) is 3. The molecule has 0 aliphatic carbocycles. The van der Waals surface area contributed by atoms with Crippen LogP contribution in [-0.2, 0) is 9.59 Å². The van der Waals surface area contributed by atoms with Crippen molar-refractivity contribution in [2.24, 2.45) is 5.92 Å². The van der Waals surface area contributed by atoms with E-state index >= 15 is 0 Å². The number of fused-ring (bicyclic) bond motifs is 1. The van der Waals surface area contributed by atoms with Gasteiger partial charge in [-0.2, -0.15) is 4.98 Å². The van der Waals surface area contributed by atoms with E-state index in [0.29, 0.717) is 28.3 Å². The van der Waals surface area contributed by atoms with Crippen molar-refractivity contribution in [2.75, 3.05) is 35.7 Å². The summed E-state index contributed by atoms with van der Waals surface area (Å²) in [4.78, 5) is 47.6. The normalized spacial score (nSPS) is 18.9. The molecule has 1 aromatic heterocycles. The number of nitrogens with zero attached hydrogens (tertiary/aromatic N) is 2. The van der Waals surface area contributed by atoms with Crippen LogP contribution in [0.3, 0.4) is 0 Å². The zero-order valence-electron chi connectivity index (χ0n) is 17.3. The van der Waals surface area contributed by atoms with Gasteiger partial charge >= 0.3 is 0 Å². The first-order valence-electron chi connectivity index (χ1n) is 10.2. The summed E-state index contributed by atoms with van der Waals surface area (Å²) in [7, 11) is 1.47. The van der Waals surface area contributed by atoms with Crippen LogP contribution in [0.5, 0.6) is 5.75 Å². The Morgan fingerprint density at radius 1 is 1.29 bits per heavy atom. The molecule has 9 nitrogen and oxygen atoms in total. The Morgan fingerprint density at radius 2 is 2.03 bits per heavy atom. The smallest absolute Gasteiger partial charge is 0.258 e. The van der Waals surface area contributed by atoms with Crippen LogP contribution in [-0.4, -0.2) is 42.0 Å². The molecule has 1 atom stereocenters. The topological polar surface area (TPSA) is 116 Å². The van der Waals surface area contributed by atoms with Gasteiger partial charge in [0, 0.05) is 24.5 Å². The zero-order chi connectivity index (χ0) is 22.1. The van der Waals surface area contributed by atoms with Gasteiger partial charge in [0.2, 0.25) is 17.8 Å². The molecule has 2 aliphatic heterocycles. The third-order valence-corrected chi connectivity index (χ3v) is 5.99. The summed E-state index contributed by atoms with van der Waals surface area (Å²) in [5, 5.41) is 5.79. The van der Waals surface area contributed by atoms with Gasteiger partial charge in [-0.15, -0.1) is 0 Å². The van der Waals surface area contributed by atoms with E-state index in [1.165, 1.54) is 7.11 Å². The number of amides is 2. The molecule has 1 fully saturated rings. The molecule has 0 saturated carbocycles. The maximum atomic E-state index is 13.0. The third kappa shape index (κ3) is 4.36. The standard InChI is InChI=1S/C21H24ClN5O4/c1-11-5-7-27(8-6-11)21-25-18-17(20(30)26-21)13(10-16(28)24-18)19(29)23-14-9-12(22)3-4-15(14)31-2/h3-4,9,11,13H,5-8,10H2,1-2H3,(H,23,29)(H2,24,25,26,28,30)/t13-/m0/s1. The molecule has 0 radical (unpaired) electrons. The second-order valence-corrected chi connectivity index (χ2v) is 8.40. The lowest BCUT2D eigenvalue weighted by molar-refractivity contribution is -0.123. The first-order valence-corrected chi connectivity index (χ1v) is 10.6. The molecule has 0 bridgehead atoms. The van der Waals surface area contributed by atoms with Gasteiger partial charge < -0.3 is 20.3 Å². The summed E-state index contributed by atoms with van der Waals surface area (Å²) in [5.74, 6) is -0.290. The van der Waals surface area contributed by atoms with Gasteiger partial charge in [0.05, 0.1) is 24.3 Å². The van der Waals surface area contributed by atoms with E-state index < -0.39 is 17.4 Å². The first-order chi connectivity index (χ1) is 14.9. The van der Waals surface area contributed by atoms with Crippen LogP contribution in [0.4, 0.5) is 17.5 Å². The van der Waals surface area contributed by atoms with E-state index in [9.17, 15) is 14.4 Å². The van der Waals surface area contributed by atoms with Crippen LogP contribution in [0.1, 0.15) is 37.7 Å². The maximum Gasteiger partial charge on any atom is 0.258 e. The second kappa shape index (κ2) is 8.58. The van der Waals surface area contributed by atoms with Crippen LogP contribution in [0.2, 0.25) is 5.02 Å². The monoisotopic (exact) mass is 445 g/mol. The quantitative estimate of drug-likeness (QED) is 0.666. The van der Waals surface area contributed by atoms with E-state index in [-0.39, 0.29) is 23.7 Å². The van der Waals surface area contributed by atoms with E-state index in [2.05, 4.69) is 27.5 Å². The highest BCUT2D eigenvalue weighted by Crippen LogP contribution is 2.33. The highest BCUT2D eigenvalue weighted by atomic mass is 35.5. The highest BCUT2D eigenvalue weighted by molar-refractivity contribution is 6.31. The number of rotatable bonds is 4. The van der Waals surface area contributed by atoms with Crippen LogP contribution < -0.4 is 25.8 Å². The predicted octanol–water partition coefficient (Wildman–Crippen LogP) is 2.73. The second-order valence-electron chi connectivity index (χ2n) is 7.96. The number of hydrogen-bond acceptors (Lipinski definition) is 6. The van der Waals surface area contributed by atoms with E-state index in [1.807, 2.05) is 4.90 Å². The Labute approximate surface area is 184 Å². The maximum absolute atomic E-state index is 13.0. The number of nitrogens with one attached hydrogen (secondary N) is 3. The SMILES string of the molecule is COc1ccc(Cl)cc1NC(=O)[C@H]1CC(=O)Nc2nc(N3CCC(C)CC3)[nH]c(=O)c21. The fourth-order valence-corrected chi connectivity index (χ4v) is 4.12. The number of benzene rings is 1. The van der Waals surface area contributed by atoms with Crippen LogP contribution in [0, 0.1) is 5.92 Å². The average Bonchev–Trinajstić information content (AvgIpc) is 2.73. The fraction of sp³-hybridized carbons (Fsp3) is 0.429. The van der Waals surface area contributed by atoms with Gasteiger partial charge in [-0.05, 0) is 37.0 Å². The van der Waals surface area contributed by atoms with Crippen LogP contribution in [0.15, 0.2) is 23.0 Å². The Balaban J connectivity index is 1.64. The summed E-state index contributed by atoms with van der Waals surface area (Å²) in [6.45, 7) is 3.74. The lowest BCUT2D eigenvalue weighted by atomic mass is 9.92. The van der Waals surface area contributed by atoms with Gasteiger partial charge in [-0.25, -0.2) is 0 Å². The number of halogens is 1. The molecule has 4 rings (SSSR count). The third-order valence-electron chi connectivity index (χ3n) is 5.76. The molecule has 1 saturated heterocycles. The molecular weight excluding hydrogens is 422 g/mol. The molecule has 2 aliphatic rings. The molecule has 0 unspecified atom stereocenters. The summed E-state index contributed by atoms with van der Waals surface area (Å²) in [5.41, 5.74) is 0.0695. The number of H-pyrrole nitrogens is 1. The van der Waals surface area contributed by atoms with Crippen molar-refractivity contribution in [1.29, 1.82) is 0 Å². The van der Waals surface area contributed by atoms with Crippen molar-refractivity contribution < 1.29 is 14.3 Å². The number of methoxy groups -OCH3 is 1. The van der Waals surface area contributed by atoms with Gasteiger partial charge in [0.1, 0.15) is 11.6 Å². The van der Waals surface area contributed by atoms with Crippen molar-refractivity contribution in [2.45, 2.75) is 32.1 Å². The molecule has 2 amide bonds. The first kappa shape index (κ1) is 21.2. The van der Waals surface area contributed by atoms with Crippen molar-refractivity contribution in [1.82, 2.24) is 9.97 Å². The minimum absolute atomic E-state index is 0.131. The number of anilines is 3. The number of carbonyl (C=O) groups excluding carboxylic acids is 2. The van der Waals surface area contributed by atoms with E-state index in [1.54, 1.807) is 18.2 Å². The van der Waals surface area contributed by atoms with Crippen molar-refractivity contribution in [3.63, 3.8) is 0 Å². The van der Waals surface area contributed by atoms with E-state index in [4.69, 9.17) is 16.3 Å². The molecule has 164 valence electrons. The minimum atomic E-state index is -0.987. The van der Waals surface area contributed by atoms with Crippen LogP contribution in [0.25, 0.3) is 0 Å². The Hall–Kier alpha value is -3.07. The Morgan fingerprint density at radius 3 is 2.74 bits per heavy atom. The number of piperidine rings is 1. The highest BCUT2D eigenvalue weighted by Gasteiger charge is 2.35. The molecule has 1 aromatic carbocycles. The van der Waals surface area contributed by atoms with E-state index in [0.717, 1.165) is 25.9 Å². The summed E-state index contributed by atoms with van der Waals surface area (Å²) in [6, 6.07) is 4.81. The minimum Gasteiger partial charge on any atom is -0.495 e. The molecule has 3 N–H and O–H groups in total. The molecule has 3 heterocycles. The number of aromatic nitrogens is 2. The number of carbonyl (C=O) groups is 2. The number of ether oxygens (including phenoxy) is 1. The molecular formula is C21H24ClN5O4. The lowest BCUT2D eigenvalue weighted by Gasteiger charge is -2.31. The molecule has 0 spiro atoms. The van der Waals surface area contributed by atoms with Gasteiger partial charge in [-0.1, -0.05) is 18.5 Å². The van der Waals surface area contributed by atoms with Gasteiger partial charge in [0.15, 0.2) is 0 Å². The van der Waals surface area contributed by atoms with Crippen molar-refractivity contribution in [3.05, 3.63) is 39.1 Å². The summed E-state index contributed by atoms with van der Waals surface area (Å²) in [6.07, 6.45) is 1.84. The Bertz CT molecular complexity index is 1080. The van der Waals surface area contributed by atoms with Crippen molar-refractivity contribution >= 4 is 40.9 Å². The lowest BCUT2D eigenvalue weighted by Crippen LogP contribution is -2.39. The average molecular weight is 446 g/mol. The Kier molecular flexibility index (Phi) is 5.86. The fourth-order valence-electron chi connectivity index (χ4n) is 3.95.